The van der Waals surface area contributed by atoms with Gasteiger partial charge in [0.2, 0.25) is 0 Å². The van der Waals surface area contributed by atoms with Crippen LogP contribution in [0.1, 0.15) is 67.7 Å². The van der Waals surface area contributed by atoms with Crippen LogP contribution in [0.15, 0.2) is 48.5 Å². The summed E-state index contributed by atoms with van der Waals surface area (Å²) in [4.78, 5) is 44.9. The Morgan fingerprint density at radius 2 is 1.06 bits per heavy atom. The van der Waals surface area contributed by atoms with Crippen molar-refractivity contribution in [2.75, 3.05) is 36.0 Å². The van der Waals surface area contributed by atoms with Crippen LogP contribution in [0.25, 0.3) is 0 Å². The first-order chi connectivity index (χ1) is 16.0. The largest absolute Gasteiger partial charge is 0.372 e. The SMILES string of the molecule is CCN(CC)c1ccccc1C(=O)C1CCCC(C(=O)c2ccccc2N(CC)CC)C1=O. The van der Waals surface area contributed by atoms with E-state index in [9.17, 15) is 14.4 Å². The molecule has 0 aliphatic heterocycles. The molecule has 0 N–H and O–H groups in total. The number of nitrogens with zero attached hydrogens (tertiary/aromatic N) is 2. The molecule has 3 rings (SSSR count). The quantitative estimate of drug-likeness (QED) is 0.358. The molecule has 0 aromatic heterocycles. The fourth-order valence-electron chi connectivity index (χ4n) is 4.99. The lowest BCUT2D eigenvalue weighted by atomic mass is 9.73. The molecule has 5 heteroatoms. The van der Waals surface area contributed by atoms with Crippen LogP contribution in [0.5, 0.6) is 0 Å². The van der Waals surface area contributed by atoms with Crippen molar-refractivity contribution in [1.29, 1.82) is 0 Å². The van der Waals surface area contributed by atoms with Gasteiger partial charge in [-0.1, -0.05) is 30.7 Å². The van der Waals surface area contributed by atoms with Gasteiger partial charge in [0.1, 0.15) is 0 Å². The second-order valence-electron chi connectivity index (χ2n) is 8.55. The number of benzene rings is 2. The summed E-state index contributed by atoms with van der Waals surface area (Å²) in [7, 11) is 0. The van der Waals surface area contributed by atoms with E-state index in [1.165, 1.54) is 0 Å². The Morgan fingerprint density at radius 3 is 1.42 bits per heavy atom. The number of anilines is 2. The maximum absolute atomic E-state index is 13.6. The predicted molar refractivity (Wildman–Crippen MR) is 135 cm³/mol. The molecule has 1 aliphatic carbocycles. The van der Waals surface area contributed by atoms with Gasteiger partial charge in [-0.15, -0.1) is 0 Å². The van der Waals surface area contributed by atoms with Gasteiger partial charge >= 0.3 is 0 Å². The summed E-state index contributed by atoms with van der Waals surface area (Å²) in [6.45, 7) is 11.3. The minimum Gasteiger partial charge on any atom is -0.372 e. The molecule has 2 aromatic rings. The number of hydrogen-bond donors (Lipinski definition) is 0. The monoisotopic (exact) mass is 448 g/mol. The molecule has 0 saturated heterocycles. The molecule has 2 aromatic carbocycles. The smallest absolute Gasteiger partial charge is 0.175 e. The van der Waals surface area contributed by atoms with Gasteiger partial charge in [-0.2, -0.15) is 0 Å². The zero-order valence-electron chi connectivity index (χ0n) is 20.3. The fraction of sp³-hybridized carbons (Fsp3) is 0.464. The van der Waals surface area contributed by atoms with Crippen LogP contribution in [0.2, 0.25) is 0 Å². The zero-order valence-corrected chi connectivity index (χ0v) is 20.3. The van der Waals surface area contributed by atoms with Gasteiger partial charge in [0, 0.05) is 48.7 Å². The Bertz CT molecular complexity index is 915. The van der Waals surface area contributed by atoms with Crippen molar-refractivity contribution < 1.29 is 14.4 Å². The number of ketones is 3. The summed E-state index contributed by atoms with van der Waals surface area (Å²) in [6.07, 6.45) is 1.71. The molecule has 0 spiro atoms. The second kappa shape index (κ2) is 11.3. The standard InChI is InChI=1S/C28H36N2O3/c1-5-29(6-2)24-18-11-9-14-20(24)26(31)22-16-13-17-23(28(22)33)27(32)21-15-10-12-19-25(21)30(7-3)8-4/h9-12,14-15,18-19,22-23H,5-8,13,16-17H2,1-4H3. The maximum atomic E-state index is 13.6. The molecule has 0 amide bonds. The van der Waals surface area contributed by atoms with E-state index < -0.39 is 11.8 Å². The third-order valence-corrected chi connectivity index (χ3v) is 6.85. The van der Waals surface area contributed by atoms with E-state index >= 15 is 0 Å². The number of Topliss-reactive ketones (excluding diaryl/α,β-unsaturated/α-hetero) is 3. The Labute approximate surface area is 197 Å². The van der Waals surface area contributed by atoms with E-state index in [1.54, 1.807) is 0 Å². The average molecular weight is 449 g/mol. The van der Waals surface area contributed by atoms with Gasteiger partial charge in [-0.05, 0) is 64.8 Å². The summed E-state index contributed by atoms with van der Waals surface area (Å²) in [5.74, 6) is -2.05. The van der Waals surface area contributed by atoms with Gasteiger partial charge in [0.25, 0.3) is 0 Å². The molecule has 0 radical (unpaired) electrons. The molecule has 1 fully saturated rings. The summed E-state index contributed by atoms with van der Waals surface area (Å²) in [5.41, 5.74) is 2.88. The van der Waals surface area contributed by atoms with E-state index in [0.717, 1.165) is 37.6 Å². The Morgan fingerprint density at radius 1 is 0.697 bits per heavy atom. The van der Waals surface area contributed by atoms with Crippen molar-refractivity contribution in [3.05, 3.63) is 59.7 Å². The normalized spacial score (nSPS) is 18.1. The van der Waals surface area contributed by atoms with Crippen LogP contribution >= 0.6 is 0 Å². The summed E-state index contributed by atoms with van der Waals surface area (Å²) < 4.78 is 0. The lowest BCUT2D eigenvalue weighted by molar-refractivity contribution is -0.125. The molecule has 2 atom stereocenters. The summed E-state index contributed by atoms with van der Waals surface area (Å²) in [5, 5.41) is 0. The highest BCUT2D eigenvalue weighted by molar-refractivity contribution is 6.21. The minimum atomic E-state index is -0.759. The van der Waals surface area contributed by atoms with E-state index in [-0.39, 0.29) is 17.3 Å². The van der Waals surface area contributed by atoms with Crippen LogP contribution in [-0.4, -0.2) is 43.5 Å². The van der Waals surface area contributed by atoms with Gasteiger partial charge in [-0.3, -0.25) is 14.4 Å². The highest BCUT2D eigenvalue weighted by Gasteiger charge is 2.41. The average Bonchev–Trinajstić information content (AvgIpc) is 2.85. The molecule has 1 aliphatic rings. The molecular formula is C28H36N2O3. The van der Waals surface area contributed by atoms with Crippen LogP contribution in [-0.2, 0) is 4.79 Å². The zero-order chi connectivity index (χ0) is 24.0. The fourth-order valence-corrected chi connectivity index (χ4v) is 4.99. The van der Waals surface area contributed by atoms with E-state index in [4.69, 9.17) is 0 Å². The minimum absolute atomic E-state index is 0.156. The van der Waals surface area contributed by atoms with Crippen molar-refractivity contribution >= 4 is 28.7 Å². The van der Waals surface area contributed by atoms with Crippen molar-refractivity contribution in [3.8, 4) is 0 Å². The Balaban J connectivity index is 1.91. The van der Waals surface area contributed by atoms with E-state index in [1.807, 2.05) is 48.5 Å². The molecule has 176 valence electrons. The Hall–Kier alpha value is -2.95. The van der Waals surface area contributed by atoms with Gasteiger partial charge in [-0.25, -0.2) is 0 Å². The summed E-state index contributed by atoms with van der Waals surface area (Å²) >= 11 is 0. The highest BCUT2D eigenvalue weighted by atomic mass is 16.2. The Kier molecular flexibility index (Phi) is 8.43. The number of hydrogen-bond acceptors (Lipinski definition) is 5. The topological polar surface area (TPSA) is 57.7 Å². The van der Waals surface area contributed by atoms with Crippen molar-refractivity contribution in [1.82, 2.24) is 0 Å². The number of carbonyl (C=O) groups is 3. The molecule has 5 nitrogen and oxygen atoms in total. The van der Waals surface area contributed by atoms with Gasteiger partial charge in [0.05, 0.1) is 11.8 Å². The van der Waals surface area contributed by atoms with Gasteiger partial charge < -0.3 is 9.80 Å². The highest BCUT2D eigenvalue weighted by Crippen LogP contribution is 2.34. The van der Waals surface area contributed by atoms with Crippen LogP contribution < -0.4 is 9.80 Å². The van der Waals surface area contributed by atoms with Crippen molar-refractivity contribution in [2.24, 2.45) is 11.8 Å². The first-order valence-corrected chi connectivity index (χ1v) is 12.3. The van der Waals surface area contributed by atoms with Gasteiger partial charge in [0.15, 0.2) is 17.3 Å². The van der Waals surface area contributed by atoms with Crippen LogP contribution in [0, 0.1) is 11.8 Å². The third kappa shape index (κ3) is 5.02. The predicted octanol–water partition coefficient (Wildman–Crippen LogP) is 5.43. The number of para-hydroxylation sites is 2. The van der Waals surface area contributed by atoms with Crippen LogP contribution in [0.3, 0.4) is 0 Å². The molecule has 1 saturated carbocycles. The van der Waals surface area contributed by atoms with E-state index in [2.05, 4.69) is 37.5 Å². The molecular weight excluding hydrogens is 412 g/mol. The third-order valence-electron chi connectivity index (χ3n) is 6.85. The molecule has 33 heavy (non-hydrogen) atoms. The summed E-state index contributed by atoms with van der Waals surface area (Å²) in [6, 6.07) is 15.0. The van der Waals surface area contributed by atoms with Crippen molar-refractivity contribution in [3.63, 3.8) is 0 Å². The van der Waals surface area contributed by atoms with Crippen molar-refractivity contribution in [2.45, 2.75) is 47.0 Å². The second-order valence-corrected chi connectivity index (χ2v) is 8.55. The number of carbonyl (C=O) groups excluding carboxylic acids is 3. The van der Waals surface area contributed by atoms with Crippen LogP contribution in [0.4, 0.5) is 11.4 Å². The first-order valence-electron chi connectivity index (χ1n) is 12.3. The molecule has 0 heterocycles. The van der Waals surface area contributed by atoms with E-state index in [0.29, 0.717) is 30.4 Å². The first kappa shape index (κ1) is 24.7. The lowest BCUT2D eigenvalue weighted by Crippen LogP contribution is -2.39. The number of rotatable bonds is 10. The molecule has 2 unspecified atom stereocenters. The molecule has 0 bridgehead atoms. The lowest BCUT2D eigenvalue weighted by Gasteiger charge is -2.30. The maximum Gasteiger partial charge on any atom is 0.175 e.